The maximum Gasteiger partial charge on any atom is 0.269 e. The Labute approximate surface area is 117 Å². The minimum Gasteiger partial charge on any atom is -0.344 e. The predicted octanol–water partition coefficient (Wildman–Crippen LogP) is 1.35. The number of piperidine rings is 1. The third kappa shape index (κ3) is 3.77. The average Bonchev–Trinajstić information content (AvgIpc) is 2.43. The van der Waals surface area contributed by atoms with Gasteiger partial charge in [0.1, 0.15) is 0 Å². The van der Waals surface area contributed by atoms with E-state index in [9.17, 15) is 14.9 Å². The van der Waals surface area contributed by atoms with Crippen molar-refractivity contribution in [2.45, 2.75) is 25.3 Å². The standard InChI is InChI=1S/C14H19N3O3/c1-16-10-12(4-7-14(16)18)15-9-8-11-2-5-13(6-3-11)17(19)20/h2-3,5-6,12,15H,4,7-10H2,1H3. The number of hydrogen-bond acceptors (Lipinski definition) is 4. The van der Waals surface area contributed by atoms with E-state index in [-0.39, 0.29) is 11.6 Å². The molecule has 0 radical (unpaired) electrons. The van der Waals surface area contributed by atoms with E-state index in [0.717, 1.165) is 31.5 Å². The van der Waals surface area contributed by atoms with Gasteiger partial charge in [-0.2, -0.15) is 0 Å². The molecule has 1 amide bonds. The average molecular weight is 277 g/mol. The molecule has 1 saturated heterocycles. The molecule has 1 aliphatic heterocycles. The van der Waals surface area contributed by atoms with Gasteiger partial charge in [0, 0.05) is 38.2 Å². The van der Waals surface area contributed by atoms with Crippen molar-refractivity contribution in [1.82, 2.24) is 10.2 Å². The van der Waals surface area contributed by atoms with Crippen LogP contribution in [0.15, 0.2) is 24.3 Å². The van der Waals surface area contributed by atoms with Gasteiger partial charge in [0.05, 0.1) is 4.92 Å². The van der Waals surface area contributed by atoms with Gasteiger partial charge in [-0.15, -0.1) is 0 Å². The predicted molar refractivity (Wildman–Crippen MR) is 75.5 cm³/mol. The number of nitrogens with one attached hydrogen (secondary N) is 1. The number of rotatable bonds is 5. The third-order valence-corrected chi connectivity index (χ3v) is 3.62. The number of amides is 1. The molecule has 1 fully saturated rings. The molecule has 1 aromatic rings. The number of nitro groups is 1. The summed E-state index contributed by atoms with van der Waals surface area (Å²) in [5.41, 5.74) is 1.19. The van der Waals surface area contributed by atoms with Gasteiger partial charge in [-0.05, 0) is 24.9 Å². The maximum absolute atomic E-state index is 11.4. The fourth-order valence-electron chi connectivity index (χ4n) is 2.38. The summed E-state index contributed by atoms with van der Waals surface area (Å²) in [6, 6.07) is 6.98. The van der Waals surface area contributed by atoms with Crippen LogP contribution in [0.1, 0.15) is 18.4 Å². The fraction of sp³-hybridized carbons (Fsp3) is 0.500. The quantitative estimate of drug-likeness (QED) is 0.651. The number of hydrogen-bond donors (Lipinski definition) is 1. The highest BCUT2D eigenvalue weighted by Crippen LogP contribution is 2.13. The van der Waals surface area contributed by atoms with Crippen molar-refractivity contribution >= 4 is 11.6 Å². The summed E-state index contributed by atoms with van der Waals surface area (Å²) < 4.78 is 0. The van der Waals surface area contributed by atoms with Gasteiger partial charge in [0.2, 0.25) is 5.91 Å². The second-order valence-corrected chi connectivity index (χ2v) is 5.14. The van der Waals surface area contributed by atoms with Crippen LogP contribution < -0.4 is 5.32 Å². The molecular weight excluding hydrogens is 258 g/mol. The van der Waals surface area contributed by atoms with Crippen LogP contribution in [0.2, 0.25) is 0 Å². The Kier molecular flexibility index (Phi) is 4.68. The van der Waals surface area contributed by atoms with Gasteiger partial charge in [-0.1, -0.05) is 12.1 Å². The lowest BCUT2D eigenvalue weighted by Gasteiger charge is -2.30. The molecule has 108 valence electrons. The molecule has 1 heterocycles. The van der Waals surface area contributed by atoms with E-state index in [0.29, 0.717) is 12.5 Å². The Balaban J connectivity index is 1.75. The van der Waals surface area contributed by atoms with Crippen LogP contribution in [0, 0.1) is 10.1 Å². The zero-order chi connectivity index (χ0) is 14.5. The molecular formula is C14H19N3O3. The Morgan fingerprint density at radius 1 is 1.40 bits per heavy atom. The smallest absolute Gasteiger partial charge is 0.269 e. The lowest BCUT2D eigenvalue weighted by molar-refractivity contribution is -0.384. The molecule has 1 N–H and O–H groups in total. The Hall–Kier alpha value is -1.95. The number of carbonyl (C=O) groups excluding carboxylic acids is 1. The first kappa shape index (κ1) is 14.5. The normalized spacial score (nSPS) is 19.1. The molecule has 0 bridgehead atoms. The van der Waals surface area contributed by atoms with Crippen molar-refractivity contribution in [3.63, 3.8) is 0 Å². The SMILES string of the molecule is CN1CC(NCCc2ccc([N+](=O)[O-])cc2)CCC1=O. The van der Waals surface area contributed by atoms with Crippen LogP contribution in [0.25, 0.3) is 0 Å². The number of likely N-dealkylation sites (tertiary alicyclic amines) is 1. The molecule has 0 aliphatic carbocycles. The second-order valence-electron chi connectivity index (χ2n) is 5.14. The summed E-state index contributed by atoms with van der Waals surface area (Å²) in [5.74, 6) is 0.207. The van der Waals surface area contributed by atoms with Gasteiger partial charge in [-0.3, -0.25) is 14.9 Å². The fourth-order valence-corrected chi connectivity index (χ4v) is 2.38. The summed E-state index contributed by atoms with van der Waals surface area (Å²) in [6.07, 6.45) is 2.31. The molecule has 1 aromatic carbocycles. The molecule has 6 nitrogen and oxygen atoms in total. The van der Waals surface area contributed by atoms with Crippen molar-refractivity contribution in [1.29, 1.82) is 0 Å². The number of nitrogens with zero attached hydrogens (tertiary/aromatic N) is 2. The molecule has 0 saturated carbocycles. The zero-order valence-electron chi connectivity index (χ0n) is 11.5. The summed E-state index contributed by atoms with van der Waals surface area (Å²) >= 11 is 0. The molecule has 1 atom stereocenters. The van der Waals surface area contributed by atoms with Crippen LogP contribution in [0.3, 0.4) is 0 Å². The highest BCUT2D eigenvalue weighted by molar-refractivity contribution is 5.76. The third-order valence-electron chi connectivity index (χ3n) is 3.62. The molecule has 1 aliphatic rings. The van der Waals surface area contributed by atoms with E-state index < -0.39 is 4.92 Å². The van der Waals surface area contributed by atoms with Crippen molar-refractivity contribution in [2.24, 2.45) is 0 Å². The Bertz CT molecular complexity index is 487. The van der Waals surface area contributed by atoms with Gasteiger partial charge in [0.25, 0.3) is 5.69 Å². The van der Waals surface area contributed by atoms with Crippen LogP contribution in [0.4, 0.5) is 5.69 Å². The molecule has 20 heavy (non-hydrogen) atoms. The number of non-ortho nitro benzene ring substituents is 1. The van der Waals surface area contributed by atoms with E-state index in [4.69, 9.17) is 0 Å². The minimum absolute atomic E-state index is 0.120. The molecule has 2 rings (SSSR count). The highest BCUT2D eigenvalue weighted by Gasteiger charge is 2.21. The van der Waals surface area contributed by atoms with Crippen LogP contribution in [-0.2, 0) is 11.2 Å². The number of carbonyl (C=O) groups is 1. The molecule has 0 aromatic heterocycles. The van der Waals surface area contributed by atoms with Crippen LogP contribution in [-0.4, -0.2) is 41.9 Å². The van der Waals surface area contributed by atoms with E-state index in [1.54, 1.807) is 17.0 Å². The first-order valence-corrected chi connectivity index (χ1v) is 6.77. The van der Waals surface area contributed by atoms with Crippen molar-refractivity contribution < 1.29 is 9.72 Å². The first-order chi connectivity index (χ1) is 9.56. The van der Waals surface area contributed by atoms with E-state index in [2.05, 4.69) is 5.32 Å². The van der Waals surface area contributed by atoms with E-state index in [1.165, 1.54) is 12.1 Å². The lowest BCUT2D eigenvalue weighted by atomic mass is 10.1. The highest BCUT2D eigenvalue weighted by atomic mass is 16.6. The van der Waals surface area contributed by atoms with Crippen LogP contribution >= 0.6 is 0 Å². The largest absolute Gasteiger partial charge is 0.344 e. The Morgan fingerprint density at radius 3 is 2.70 bits per heavy atom. The summed E-state index contributed by atoms with van der Waals surface area (Å²) in [6.45, 7) is 1.56. The lowest BCUT2D eigenvalue weighted by Crippen LogP contribution is -2.47. The van der Waals surface area contributed by atoms with E-state index >= 15 is 0 Å². The number of benzene rings is 1. The second kappa shape index (κ2) is 6.47. The summed E-state index contributed by atoms with van der Waals surface area (Å²) in [5, 5.41) is 14.0. The topological polar surface area (TPSA) is 75.5 Å². The summed E-state index contributed by atoms with van der Waals surface area (Å²) in [7, 11) is 1.83. The first-order valence-electron chi connectivity index (χ1n) is 6.77. The van der Waals surface area contributed by atoms with Gasteiger partial charge in [-0.25, -0.2) is 0 Å². The van der Waals surface area contributed by atoms with Crippen molar-refractivity contribution in [3.05, 3.63) is 39.9 Å². The minimum atomic E-state index is -0.392. The molecule has 6 heteroatoms. The van der Waals surface area contributed by atoms with Crippen molar-refractivity contribution in [2.75, 3.05) is 20.1 Å². The van der Waals surface area contributed by atoms with E-state index in [1.807, 2.05) is 7.05 Å². The molecule has 0 spiro atoms. The zero-order valence-corrected chi connectivity index (χ0v) is 11.5. The van der Waals surface area contributed by atoms with Crippen molar-refractivity contribution in [3.8, 4) is 0 Å². The number of likely N-dealkylation sites (N-methyl/N-ethyl adjacent to an activating group) is 1. The van der Waals surface area contributed by atoms with Gasteiger partial charge >= 0.3 is 0 Å². The summed E-state index contributed by atoms with van der Waals surface area (Å²) in [4.78, 5) is 23.3. The van der Waals surface area contributed by atoms with Gasteiger partial charge in [0.15, 0.2) is 0 Å². The monoisotopic (exact) mass is 277 g/mol. The maximum atomic E-state index is 11.4. The number of nitro benzene ring substituents is 1. The molecule has 1 unspecified atom stereocenters. The van der Waals surface area contributed by atoms with Gasteiger partial charge < -0.3 is 10.2 Å². The Morgan fingerprint density at radius 2 is 2.10 bits per heavy atom. The van der Waals surface area contributed by atoms with Crippen LogP contribution in [0.5, 0.6) is 0 Å².